The minimum absolute atomic E-state index is 0.242. The average Bonchev–Trinajstić information content (AvgIpc) is 3.08. The van der Waals surface area contributed by atoms with Gasteiger partial charge < -0.3 is 10.6 Å². The maximum absolute atomic E-state index is 13.0. The van der Waals surface area contributed by atoms with Gasteiger partial charge in [0.2, 0.25) is 0 Å². The predicted molar refractivity (Wildman–Crippen MR) is 98.9 cm³/mol. The van der Waals surface area contributed by atoms with Crippen molar-refractivity contribution in [2.75, 3.05) is 18.4 Å². The van der Waals surface area contributed by atoms with Gasteiger partial charge in [0.25, 0.3) is 0 Å². The van der Waals surface area contributed by atoms with E-state index in [1.165, 1.54) is 12.4 Å². The Bertz CT molecular complexity index is 965. The van der Waals surface area contributed by atoms with Crippen LogP contribution in [0.1, 0.15) is 24.4 Å². The third kappa shape index (κ3) is 3.63. The van der Waals surface area contributed by atoms with Crippen LogP contribution < -0.4 is 10.6 Å². The molecule has 0 radical (unpaired) electrons. The van der Waals surface area contributed by atoms with Crippen LogP contribution in [-0.2, 0) is 6.18 Å². The van der Waals surface area contributed by atoms with E-state index in [-0.39, 0.29) is 11.7 Å². The molecule has 0 amide bonds. The summed E-state index contributed by atoms with van der Waals surface area (Å²) >= 11 is 3.29. The second-order valence-electron chi connectivity index (χ2n) is 6.35. The minimum Gasteiger partial charge on any atom is -0.339 e. The highest BCUT2D eigenvalue weighted by Crippen LogP contribution is 2.36. The number of nitrogens with zero attached hydrogens (tertiary/aromatic N) is 4. The molecule has 3 aromatic rings. The summed E-state index contributed by atoms with van der Waals surface area (Å²) in [7, 11) is 0. The first-order chi connectivity index (χ1) is 12.9. The molecule has 0 bridgehead atoms. The van der Waals surface area contributed by atoms with Gasteiger partial charge in [0.1, 0.15) is 12.1 Å². The maximum atomic E-state index is 13.0. The fourth-order valence-corrected chi connectivity index (χ4v) is 3.55. The van der Waals surface area contributed by atoms with E-state index in [0.29, 0.717) is 21.3 Å². The Morgan fingerprint density at radius 2 is 1.96 bits per heavy atom. The van der Waals surface area contributed by atoms with Crippen LogP contribution in [0.2, 0.25) is 0 Å². The number of fused-ring (bicyclic) bond motifs is 1. The third-order valence-corrected chi connectivity index (χ3v) is 5.28. The summed E-state index contributed by atoms with van der Waals surface area (Å²) in [6.45, 7) is 1.83. The van der Waals surface area contributed by atoms with Crippen molar-refractivity contribution in [2.45, 2.75) is 25.1 Å². The molecule has 6 nitrogen and oxygen atoms in total. The second kappa shape index (κ2) is 7.08. The monoisotopic (exact) mass is 440 g/mol. The van der Waals surface area contributed by atoms with Crippen molar-refractivity contribution >= 4 is 38.5 Å². The Labute approximate surface area is 161 Å². The fourth-order valence-electron chi connectivity index (χ4n) is 3.21. The van der Waals surface area contributed by atoms with Crippen molar-refractivity contribution in [3.05, 3.63) is 40.8 Å². The van der Waals surface area contributed by atoms with Gasteiger partial charge in [-0.2, -0.15) is 18.3 Å². The number of alkyl halides is 3. The molecule has 1 fully saturated rings. The van der Waals surface area contributed by atoms with Crippen LogP contribution in [0.3, 0.4) is 0 Å². The first kappa shape index (κ1) is 18.2. The van der Waals surface area contributed by atoms with Crippen molar-refractivity contribution in [1.29, 1.82) is 0 Å². The van der Waals surface area contributed by atoms with Crippen LogP contribution in [0.25, 0.3) is 11.0 Å². The van der Waals surface area contributed by atoms with Crippen molar-refractivity contribution in [2.24, 2.45) is 0 Å². The summed E-state index contributed by atoms with van der Waals surface area (Å²) in [5.74, 6) is 0.417. The Kier molecular flexibility index (Phi) is 4.77. The van der Waals surface area contributed by atoms with E-state index < -0.39 is 11.7 Å². The van der Waals surface area contributed by atoms with Gasteiger partial charge in [-0.05, 0) is 60.1 Å². The molecule has 3 heterocycles. The number of aromatic nitrogens is 4. The molecule has 0 saturated carbocycles. The number of halogens is 4. The van der Waals surface area contributed by atoms with E-state index >= 15 is 0 Å². The first-order valence-electron chi connectivity index (χ1n) is 8.46. The molecule has 2 aromatic heterocycles. The molecule has 0 unspecified atom stereocenters. The SMILES string of the molecule is FC(F)(F)c1ccc(Br)c(Nc2ncnc3c2cnn3C2CCNCC2)c1. The number of benzene rings is 1. The number of nitrogens with one attached hydrogen (secondary N) is 2. The Hall–Kier alpha value is -2.20. The number of hydrogen-bond acceptors (Lipinski definition) is 5. The van der Waals surface area contributed by atoms with Crippen molar-refractivity contribution < 1.29 is 13.2 Å². The third-order valence-electron chi connectivity index (χ3n) is 4.59. The second-order valence-corrected chi connectivity index (χ2v) is 7.20. The maximum Gasteiger partial charge on any atom is 0.416 e. The lowest BCUT2D eigenvalue weighted by Crippen LogP contribution is -2.29. The number of anilines is 2. The molecule has 0 aliphatic carbocycles. The molecule has 0 spiro atoms. The average molecular weight is 441 g/mol. The van der Waals surface area contributed by atoms with Crippen LogP contribution >= 0.6 is 15.9 Å². The molecule has 0 atom stereocenters. The Balaban J connectivity index is 1.70. The molecule has 1 aliphatic heterocycles. The molecule has 2 N–H and O–H groups in total. The number of rotatable bonds is 3. The molecular formula is C17H16BrF3N6. The summed E-state index contributed by atoms with van der Waals surface area (Å²) < 4.78 is 41.4. The molecule has 27 heavy (non-hydrogen) atoms. The summed E-state index contributed by atoms with van der Waals surface area (Å²) in [6, 6.07) is 3.68. The highest BCUT2D eigenvalue weighted by Gasteiger charge is 2.31. The molecule has 1 aromatic carbocycles. The van der Waals surface area contributed by atoms with Crippen LogP contribution in [0.15, 0.2) is 35.2 Å². The van der Waals surface area contributed by atoms with Crippen molar-refractivity contribution in [1.82, 2.24) is 25.1 Å². The van der Waals surface area contributed by atoms with Gasteiger partial charge in [0, 0.05) is 4.47 Å². The zero-order valence-electron chi connectivity index (χ0n) is 14.1. The van der Waals surface area contributed by atoms with E-state index in [9.17, 15) is 13.2 Å². The number of piperidine rings is 1. The molecule has 142 valence electrons. The van der Waals surface area contributed by atoms with Gasteiger partial charge >= 0.3 is 6.18 Å². The lowest BCUT2D eigenvalue weighted by Gasteiger charge is -2.23. The summed E-state index contributed by atoms with van der Waals surface area (Å²) in [5.41, 5.74) is 0.214. The van der Waals surface area contributed by atoms with Gasteiger partial charge in [0.15, 0.2) is 5.65 Å². The normalized spacial score (nSPS) is 16.0. The molecular weight excluding hydrogens is 425 g/mol. The zero-order chi connectivity index (χ0) is 19.0. The van der Waals surface area contributed by atoms with E-state index in [2.05, 4.69) is 41.6 Å². The summed E-state index contributed by atoms with van der Waals surface area (Å²) in [6.07, 6.45) is 0.524. The molecule has 1 saturated heterocycles. The summed E-state index contributed by atoms with van der Waals surface area (Å²) in [4.78, 5) is 8.54. The lowest BCUT2D eigenvalue weighted by molar-refractivity contribution is -0.137. The van der Waals surface area contributed by atoms with Crippen LogP contribution in [-0.4, -0.2) is 32.8 Å². The van der Waals surface area contributed by atoms with E-state index in [0.717, 1.165) is 38.1 Å². The van der Waals surface area contributed by atoms with Gasteiger partial charge in [-0.3, -0.25) is 0 Å². The standard InChI is InChI=1S/C17H16BrF3N6/c18-13-2-1-10(17(19,20)21)7-14(13)26-15-12-8-25-27(16(12)24-9-23-15)11-3-5-22-6-4-11/h1-2,7-9,11,22H,3-6H2,(H,23,24,26). The van der Waals surface area contributed by atoms with Gasteiger partial charge in [-0.1, -0.05) is 0 Å². The first-order valence-corrected chi connectivity index (χ1v) is 9.25. The van der Waals surface area contributed by atoms with E-state index in [1.54, 1.807) is 6.20 Å². The van der Waals surface area contributed by atoms with Crippen molar-refractivity contribution in [3.8, 4) is 0 Å². The Morgan fingerprint density at radius 3 is 2.70 bits per heavy atom. The lowest BCUT2D eigenvalue weighted by atomic mass is 10.1. The topological polar surface area (TPSA) is 67.7 Å². The Morgan fingerprint density at radius 1 is 1.19 bits per heavy atom. The minimum atomic E-state index is -4.42. The van der Waals surface area contributed by atoms with Gasteiger partial charge in [-0.15, -0.1) is 0 Å². The van der Waals surface area contributed by atoms with E-state index in [1.807, 2.05) is 4.68 Å². The number of hydrogen-bond donors (Lipinski definition) is 2. The van der Waals surface area contributed by atoms with Crippen LogP contribution in [0.5, 0.6) is 0 Å². The highest BCUT2D eigenvalue weighted by molar-refractivity contribution is 9.10. The van der Waals surface area contributed by atoms with Crippen LogP contribution in [0.4, 0.5) is 24.7 Å². The fraction of sp³-hybridized carbons (Fsp3) is 0.353. The largest absolute Gasteiger partial charge is 0.416 e. The highest BCUT2D eigenvalue weighted by atomic mass is 79.9. The van der Waals surface area contributed by atoms with Crippen molar-refractivity contribution in [3.63, 3.8) is 0 Å². The summed E-state index contributed by atoms with van der Waals surface area (Å²) in [5, 5.41) is 11.4. The van der Waals surface area contributed by atoms with Crippen LogP contribution in [0, 0.1) is 0 Å². The quantitative estimate of drug-likeness (QED) is 0.636. The molecule has 1 aliphatic rings. The van der Waals surface area contributed by atoms with Gasteiger partial charge in [-0.25, -0.2) is 14.6 Å². The van der Waals surface area contributed by atoms with E-state index in [4.69, 9.17) is 0 Å². The zero-order valence-corrected chi connectivity index (χ0v) is 15.7. The molecule has 10 heteroatoms. The predicted octanol–water partition coefficient (Wildman–Crippen LogP) is 4.28. The van der Waals surface area contributed by atoms with Gasteiger partial charge in [0.05, 0.1) is 28.9 Å². The molecule has 4 rings (SSSR count). The smallest absolute Gasteiger partial charge is 0.339 e.